The molecule has 2 fully saturated rings. The van der Waals surface area contributed by atoms with Crippen molar-refractivity contribution >= 4 is 5.69 Å². The molecule has 0 saturated carbocycles. The number of nitriles is 1. The van der Waals surface area contributed by atoms with Crippen LogP contribution in [-0.2, 0) is 11.2 Å². The van der Waals surface area contributed by atoms with Crippen LogP contribution >= 0.6 is 0 Å². The number of ether oxygens (including phenoxy) is 3. The first-order chi connectivity index (χ1) is 16.2. The second-order valence-corrected chi connectivity index (χ2v) is 8.81. The molecule has 33 heavy (non-hydrogen) atoms. The van der Waals surface area contributed by atoms with Gasteiger partial charge in [-0.05, 0) is 54.8 Å². The van der Waals surface area contributed by atoms with Crippen LogP contribution in [0.15, 0.2) is 42.5 Å². The molecule has 1 N–H and O–H groups in total. The summed E-state index contributed by atoms with van der Waals surface area (Å²) in [7, 11) is 3.35. The lowest BCUT2D eigenvalue weighted by molar-refractivity contribution is -0.138. The van der Waals surface area contributed by atoms with Crippen LogP contribution in [0.3, 0.4) is 0 Å². The average molecular weight is 451 g/mol. The lowest BCUT2D eigenvalue weighted by atomic mass is 10.1. The van der Waals surface area contributed by atoms with Crippen molar-refractivity contribution in [1.29, 1.82) is 5.26 Å². The Hall–Kier alpha value is -2.79. The Labute approximate surface area is 196 Å². The molecule has 0 radical (unpaired) electrons. The first kappa shape index (κ1) is 23.4. The van der Waals surface area contributed by atoms with Gasteiger partial charge in [-0.2, -0.15) is 5.26 Å². The van der Waals surface area contributed by atoms with Gasteiger partial charge < -0.3 is 19.5 Å². The van der Waals surface area contributed by atoms with Crippen LogP contribution < -0.4 is 14.8 Å². The van der Waals surface area contributed by atoms with Gasteiger partial charge in [0.2, 0.25) is 0 Å². The van der Waals surface area contributed by atoms with Crippen LogP contribution in [0.4, 0.5) is 5.69 Å². The largest absolute Gasteiger partial charge is 0.493 e. The second-order valence-electron chi connectivity index (χ2n) is 8.81. The summed E-state index contributed by atoms with van der Waals surface area (Å²) >= 11 is 0. The molecule has 0 aliphatic carbocycles. The van der Waals surface area contributed by atoms with Gasteiger partial charge in [0.05, 0.1) is 38.1 Å². The fourth-order valence-electron chi connectivity index (χ4n) is 4.75. The molecule has 2 unspecified atom stereocenters. The standard InChI is InChI=1S/C26H34N4O3/c1-31-25-9-6-20(14-26(25)32-2)10-13-30-18-23-16-29(17-24(19-30)33-23)12-3-11-28-22-7-4-21(15-27)5-8-22/h4-9,14,23-24,28H,3,10-13,16-19H2,1-2H3. The zero-order valence-electron chi connectivity index (χ0n) is 19.6. The Bertz CT molecular complexity index is 930. The molecule has 0 spiro atoms. The summed E-state index contributed by atoms with van der Waals surface area (Å²) in [5, 5.41) is 12.3. The van der Waals surface area contributed by atoms with Crippen molar-refractivity contribution in [3.8, 4) is 17.6 Å². The van der Waals surface area contributed by atoms with Crippen molar-refractivity contribution in [3.05, 3.63) is 53.6 Å². The van der Waals surface area contributed by atoms with E-state index in [9.17, 15) is 0 Å². The Morgan fingerprint density at radius 1 is 0.939 bits per heavy atom. The molecule has 2 aromatic rings. The van der Waals surface area contributed by atoms with Gasteiger partial charge in [0.25, 0.3) is 0 Å². The minimum absolute atomic E-state index is 0.286. The number of anilines is 1. The van der Waals surface area contributed by atoms with E-state index in [0.29, 0.717) is 5.56 Å². The Kier molecular flexibility index (Phi) is 8.05. The molecule has 0 amide bonds. The van der Waals surface area contributed by atoms with E-state index in [0.717, 1.165) is 75.8 Å². The highest BCUT2D eigenvalue weighted by molar-refractivity contribution is 5.47. The molecule has 2 bridgehead atoms. The SMILES string of the molecule is COc1ccc(CCN2CC3CN(CCCNc4ccc(C#N)cc4)CC(C2)O3)cc1OC. The molecule has 7 nitrogen and oxygen atoms in total. The number of methoxy groups -OCH3 is 2. The number of hydrogen-bond acceptors (Lipinski definition) is 7. The van der Waals surface area contributed by atoms with Crippen LogP contribution in [0.25, 0.3) is 0 Å². The number of nitrogens with one attached hydrogen (secondary N) is 1. The number of rotatable bonds is 10. The van der Waals surface area contributed by atoms with Gasteiger partial charge in [0.15, 0.2) is 11.5 Å². The highest BCUT2D eigenvalue weighted by Crippen LogP contribution is 2.28. The molecule has 2 saturated heterocycles. The van der Waals surface area contributed by atoms with E-state index in [1.165, 1.54) is 5.56 Å². The number of hydrogen-bond donors (Lipinski definition) is 1. The van der Waals surface area contributed by atoms with Crippen LogP contribution in [0.2, 0.25) is 0 Å². The third-order valence-electron chi connectivity index (χ3n) is 6.39. The molecule has 2 aliphatic heterocycles. The summed E-state index contributed by atoms with van der Waals surface area (Å²) < 4.78 is 17.0. The fraction of sp³-hybridized carbons (Fsp3) is 0.500. The van der Waals surface area contributed by atoms with Gasteiger partial charge in [-0.3, -0.25) is 9.80 Å². The monoisotopic (exact) mass is 450 g/mol. The number of nitrogens with zero attached hydrogens (tertiary/aromatic N) is 3. The maximum Gasteiger partial charge on any atom is 0.160 e. The van der Waals surface area contributed by atoms with E-state index in [4.69, 9.17) is 19.5 Å². The second kappa shape index (κ2) is 11.4. The molecule has 2 aliphatic rings. The number of fused-ring (bicyclic) bond motifs is 2. The minimum atomic E-state index is 0.286. The molecule has 176 valence electrons. The summed E-state index contributed by atoms with van der Waals surface area (Å²) in [6, 6.07) is 16.0. The normalized spacial score (nSPS) is 20.8. The molecular weight excluding hydrogens is 416 g/mol. The maximum absolute atomic E-state index is 8.89. The van der Waals surface area contributed by atoms with E-state index in [1.54, 1.807) is 14.2 Å². The lowest BCUT2D eigenvalue weighted by Gasteiger charge is -2.46. The Balaban J connectivity index is 1.18. The highest BCUT2D eigenvalue weighted by Gasteiger charge is 2.34. The van der Waals surface area contributed by atoms with Crippen LogP contribution in [0.1, 0.15) is 17.5 Å². The van der Waals surface area contributed by atoms with Gasteiger partial charge in [0, 0.05) is 51.5 Å². The summed E-state index contributed by atoms with van der Waals surface area (Å²) in [5.41, 5.74) is 3.02. The minimum Gasteiger partial charge on any atom is -0.493 e. The fourth-order valence-corrected chi connectivity index (χ4v) is 4.75. The first-order valence-corrected chi connectivity index (χ1v) is 11.7. The summed E-state index contributed by atoms with van der Waals surface area (Å²) in [5.74, 6) is 1.56. The predicted molar refractivity (Wildman–Crippen MR) is 129 cm³/mol. The van der Waals surface area contributed by atoms with Crippen LogP contribution in [-0.4, -0.2) is 82.0 Å². The van der Waals surface area contributed by atoms with E-state index in [1.807, 2.05) is 30.3 Å². The lowest BCUT2D eigenvalue weighted by Crippen LogP contribution is -2.59. The maximum atomic E-state index is 8.89. The smallest absolute Gasteiger partial charge is 0.160 e. The van der Waals surface area contributed by atoms with Gasteiger partial charge in [-0.25, -0.2) is 0 Å². The predicted octanol–water partition coefficient (Wildman–Crippen LogP) is 3.01. The van der Waals surface area contributed by atoms with Crippen molar-refractivity contribution in [1.82, 2.24) is 9.80 Å². The topological polar surface area (TPSA) is 70.0 Å². The molecule has 0 aromatic heterocycles. The summed E-state index contributed by atoms with van der Waals surface area (Å²) in [6.07, 6.45) is 2.65. The van der Waals surface area contributed by atoms with Crippen molar-refractivity contribution in [2.75, 3.05) is 65.3 Å². The average Bonchev–Trinajstić information content (AvgIpc) is 2.85. The zero-order valence-corrected chi connectivity index (χ0v) is 19.6. The summed E-state index contributed by atoms with van der Waals surface area (Å²) in [6.45, 7) is 7.01. The van der Waals surface area contributed by atoms with E-state index in [2.05, 4.69) is 33.3 Å². The van der Waals surface area contributed by atoms with Gasteiger partial charge in [-0.15, -0.1) is 0 Å². The highest BCUT2D eigenvalue weighted by atomic mass is 16.5. The quantitative estimate of drug-likeness (QED) is 0.558. The third kappa shape index (κ3) is 6.38. The van der Waals surface area contributed by atoms with Gasteiger partial charge in [0.1, 0.15) is 0 Å². The van der Waals surface area contributed by atoms with Crippen molar-refractivity contribution in [2.45, 2.75) is 25.0 Å². The van der Waals surface area contributed by atoms with Crippen LogP contribution in [0, 0.1) is 11.3 Å². The van der Waals surface area contributed by atoms with Crippen molar-refractivity contribution < 1.29 is 14.2 Å². The Morgan fingerprint density at radius 3 is 2.24 bits per heavy atom. The van der Waals surface area contributed by atoms with Gasteiger partial charge >= 0.3 is 0 Å². The number of morpholine rings is 2. The molecular formula is C26H34N4O3. The first-order valence-electron chi connectivity index (χ1n) is 11.7. The van der Waals surface area contributed by atoms with Crippen molar-refractivity contribution in [3.63, 3.8) is 0 Å². The van der Waals surface area contributed by atoms with Crippen molar-refractivity contribution in [2.24, 2.45) is 0 Å². The summed E-state index contributed by atoms with van der Waals surface area (Å²) in [4.78, 5) is 5.09. The van der Waals surface area contributed by atoms with Crippen LogP contribution in [0.5, 0.6) is 11.5 Å². The zero-order chi connectivity index (χ0) is 23.0. The Morgan fingerprint density at radius 2 is 1.61 bits per heavy atom. The third-order valence-corrected chi connectivity index (χ3v) is 6.39. The molecule has 2 aromatic carbocycles. The van der Waals surface area contributed by atoms with Gasteiger partial charge in [-0.1, -0.05) is 6.07 Å². The van der Waals surface area contributed by atoms with E-state index in [-0.39, 0.29) is 12.2 Å². The number of benzene rings is 2. The van der Waals surface area contributed by atoms with E-state index < -0.39 is 0 Å². The van der Waals surface area contributed by atoms with E-state index >= 15 is 0 Å². The molecule has 4 rings (SSSR count). The molecule has 7 heteroatoms. The molecule has 2 atom stereocenters. The molecule has 2 heterocycles.